The molecule has 0 saturated carbocycles. The topological polar surface area (TPSA) is 41.9 Å². The average molecular weight is 412 g/mol. The SMILES string of the molecule is CCCN1CCC(O)C(Cc2ccc(OCc3cc(C)ccc3C)c(OCC)c2)C1. The van der Waals surface area contributed by atoms with Crippen LogP contribution in [0.3, 0.4) is 0 Å². The molecular formula is C26H37NO3. The van der Waals surface area contributed by atoms with Gasteiger partial charge in [0.1, 0.15) is 6.61 Å². The minimum absolute atomic E-state index is 0.228. The Morgan fingerprint density at radius 1 is 1.03 bits per heavy atom. The normalized spacial score (nSPS) is 19.6. The molecule has 1 aliphatic rings. The van der Waals surface area contributed by atoms with Crippen LogP contribution in [0.4, 0.5) is 0 Å². The van der Waals surface area contributed by atoms with Crippen LogP contribution in [0.15, 0.2) is 36.4 Å². The number of aliphatic hydroxyl groups excluding tert-OH is 1. The highest BCUT2D eigenvalue weighted by Crippen LogP contribution is 2.32. The van der Waals surface area contributed by atoms with E-state index in [1.165, 1.54) is 22.3 Å². The lowest BCUT2D eigenvalue weighted by molar-refractivity contribution is 0.0270. The van der Waals surface area contributed by atoms with Gasteiger partial charge in [-0.25, -0.2) is 0 Å². The molecule has 4 nitrogen and oxygen atoms in total. The van der Waals surface area contributed by atoms with E-state index in [1.807, 2.05) is 13.0 Å². The summed E-state index contributed by atoms with van der Waals surface area (Å²) < 4.78 is 12.0. The lowest BCUT2D eigenvalue weighted by Crippen LogP contribution is -2.44. The van der Waals surface area contributed by atoms with Gasteiger partial charge in [0.05, 0.1) is 12.7 Å². The van der Waals surface area contributed by atoms with E-state index in [0.717, 1.165) is 50.4 Å². The van der Waals surface area contributed by atoms with Crippen LogP contribution >= 0.6 is 0 Å². The second kappa shape index (κ2) is 10.8. The molecule has 0 aliphatic carbocycles. The van der Waals surface area contributed by atoms with Gasteiger partial charge in [0.15, 0.2) is 11.5 Å². The van der Waals surface area contributed by atoms with Crippen molar-refractivity contribution >= 4 is 0 Å². The quantitative estimate of drug-likeness (QED) is 0.636. The van der Waals surface area contributed by atoms with Crippen molar-refractivity contribution in [3.05, 3.63) is 58.7 Å². The van der Waals surface area contributed by atoms with Gasteiger partial charge in [-0.1, -0.05) is 36.8 Å². The Labute approximate surface area is 181 Å². The Balaban J connectivity index is 1.70. The molecular weight excluding hydrogens is 374 g/mol. The number of hydrogen-bond acceptors (Lipinski definition) is 4. The Morgan fingerprint density at radius 3 is 2.63 bits per heavy atom. The van der Waals surface area contributed by atoms with Gasteiger partial charge in [0.2, 0.25) is 0 Å². The van der Waals surface area contributed by atoms with Crippen molar-refractivity contribution in [2.24, 2.45) is 5.92 Å². The first-order chi connectivity index (χ1) is 14.5. The first kappa shape index (κ1) is 22.6. The van der Waals surface area contributed by atoms with E-state index >= 15 is 0 Å². The van der Waals surface area contributed by atoms with Crippen LogP contribution in [0.25, 0.3) is 0 Å². The van der Waals surface area contributed by atoms with Crippen LogP contribution in [0.1, 0.15) is 48.9 Å². The number of aryl methyl sites for hydroxylation is 2. The molecule has 3 rings (SSSR count). The van der Waals surface area contributed by atoms with Crippen molar-refractivity contribution in [3.63, 3.8) is 0 Å². The smallest absolute Gasteiger partial charge is 0.161 e. The second-order valence-corrected chi connectivity index (χ2v) is 8.55. The van der Waals surface area contributed by atoms with Gasteiger partial charge < -0.3 is 19.5 Å². The molecule has 1 heterocycles. The fourth-order valence-electron chi connectivity index (χ4n) is 4.30. The third kappa shape index (κ3) is 5.99. The summed E-state index contributed by atoms with van der Waals surface area (Å²) in [7, 11) is 0. The summed E-state index contributed by atoms with van der Waals surface area (Å²) in [5, 5.41) is 10.5. The lowest BCUT2D eigenvalue weighted by Gasteiger charge is -2.36. The average Bonchev–Trinajstić information content (AvgIpc) is 2.72. The molecule has 2 unspecified atom stereocenters. The van der Waals surface area contributed by atoms with Crippen molar-refractivity contribution in [2.75, 3.05) is 26.2 Å². The molecule has 4 heteroatoms. The van der Waals surface area contributed by atoms with E-state index in [9.17, 15) is 5.11 Å². The summed E-state index contributed by atoms with van der Waals surface area (Å²) in [4.78, 5) is 2.47. The molecule has 0 amide bonds. The number of piperidine rings is 1. The monoisotopic (exact) mass is 411 g/mol. The molecule has 0 spiro atoms. The van der Waals surface area contributed by atoms with E-state index < -0.39 is 0 Å². The molecule has 2 aromatic rings. The van der Waals surface area contributed by atoms with Crippen molar-refractivity contribution in [1.82, 2.24) is 4.90 Å². The number of rotatable bonds is 9. The van der Waals surface area contributed by atoms with Crippen molar-refractivity contribution in [3.8, 4) is 11.5 Å². The van der Waals surface area contributed by atoms with Gasteiger partial charge >= 0.3 is 0 Å². The van der Waals surface area contributed by atoms with Crippen LogP contribution in [-0.4, -0.2) is 42.4 Å². The lowest BCUT2D eigenvalue weighted by atomic mass is 9.88. The zero-order chi connectivity index (χ0) is 21.5. The highest BCUT2D eigenvalue weighted by Gasteiger charge is 2.27. The van der Waals surface area contributed by atoms with Gasteiger partial charge in [0, 0.05) is 19.0 Å². The third-order valence-electron chi connectivity index (χ3n) is 6.01. The largest absolute Gasteiger partial charge is 0.490 e. The van der Waals surface area contributed by atoms with Crippen LogP contribution in [0, 0.1) is 19.8 Å². The summed E-state index contributed by atoms with van der Waals surface area (Å²) in [6, 6.07) is 12.7. The summed E-state index contributed by atoms with van der Waals surface area (Å²) >= 11 is 0. The maximum atomic E-state index is 10.5. The van der Waals surface area contributed by atoms with E-state index in [4.69, 9.17) is 9.47 Å². The Bertz CT molecular complexity index is 820. The molecule has 30 heavy (non-hydrogen) atoms. The van der Waals surface area contributed by atoms with Crippen LogP contribution in [-0.2, 0) is 13.0 Å². The summed E-state index contributed by atoms with van der Waals surface area (Å²) in [6.45, 7) is 12.6. The molecule has 0 bridgehead atoms. The fourth-order valence-corrected chi connectivity index (χ4v) is 4.30. The molecule has 0 radical (unpaired) electrons. The zero-order valence-corrected chi connectivity index (χ0v) is 19.0. The highest BCUT2D eigenvalue weighted by atomic mass is 16.5. The number of aliphatic hydroxyl groups is 1. The van der Waals surface area contributed by atoms with Crippen LogP contribution in [0.5, 0.6) is 11.5 Å². The van der Waals surface area contributed by atoms with Gasteiger partial charge in [-0.3, -0.25) is 0 Å². The van der Waals surface area contributed by atoms with Gasteiger partial charge in [-0.05, 0) is 75.4 Å². The van der Waals surface area contributed by atoms with Crippen molar-refractivity contribution in [1.29, 1.82) is 0 Å². The molecule has 1 saturated heterocycles. The fraction of sp³-hybridized carbons (Fsp3) is 0.538. The van der Waals surface area contributed by atoms with Gasteiger partial charge in [0.25, 0.3) is 0 Å². The van der Waals surface area contributed by atoms with E-state index in [-0.39, 0.29) is 12.0 Å². The molecule has 2 aromatic carbocycles. The third-order valence-corrected chi connectivity index (χ3v) is 6.01. The van der Waals surface area contributed by atoms with Gasteiger partial charge in [-0.15, -0.1) is 0 Å². The molecule has 164 valence electrons. The van der Waals surface area contributed by atoms with E-state index in [1.54, 1.807) is 0 Å². The minimum Gasteiger partial charge on any atom is -0.490 e. The number of likely N-dealkylation sites (tertiary alicyclic amines) is 1. The molecule has 1 fully saturated rings. The van der Waals surface area contributed by atoms with Gasteiger partial charge in [-0.2, -0.15) is 0 Å². The molecule has 0 aromatic heterocycles. The maximum Gasteiger partial charge on any atom is 0.161 e. The van der Waals surface area contributed by atoms with Crippen molar-refractivity contribution in [2.45, 2.75) is 59.7 Å². The predicted molar refractivity (Wildman–Crippen MR) is 122 cm³/mol. The molecule has 2 atom stereocenters. The Kier molecular flexibility index (Phi) is 8.17. The predicted octanol–water partition coefficient (Wildman–Crippen LogP) is 4.92. The Hall–Kier alpha value is -2.04. The van der Waals surface area contributed by atoms with Crippen LogP contribution < -0.4 is 9.47 Å². The number of benzene rings is 2. The zero-order valence-electron chi connectivity index (χ0n) is 19.0. The summed E-state index contributed by atoms with van der Waals surface area (Å²) in [5.41, 5.74) is 4.86. The van der Waals surface area contributed by atoms with E-state index in [2.05, 4.69) is 56.0 Å². The molecule has 1 aliphatic heterocycles. The first-order valence-electron chi connectivity index (χ1n) is 11.3. The number of nitrogens with zero attached hydrogens (tertiary/aromatic N) is 1. The van der Waals surface area contributed by atoms with Crippen molar-refractivity contribution < 1.29 is 14.6 Å². The first-order valence-corrected chi connectivity index (χ1v) is 11.3. The highest BCUT2D eigenvalue weighted by molar-refractivity contribution is 5.43. The number of hydrogen-bond donors (Lipinski definition) is 1. The minimum atomic E-state index is -0.228. The standard InChI is InChI=1S/C26H37NO3/c1-5-12-27-13-11-24(28)22(17-27)15-21-9-10-25(26(16-21)29-6-2)30-18-23-14-19(3)7-8-20(23)4/h7-10,14,16,22,24,28H,5-6,11-13,15,17-18H2,1-4H3. The van der Waals surface area contributed by atoms with Crippen LogP contribution in [0.2, 0.25) is 0 Å². The Morgan fingerprint density at radius 2 is 1.87 bits per heavy atom. The van der Waals surface area contributed by atoms with E-state index in [0.29, 0.717) is 13.2 Å². The second-order valence-electron chi connectivity index (χ2n) is 8.55. The maximum absolute atomic E-state index is 10.5. The molecule has 1 N–H and O–H groups in total. The summed E-state index contributed by atoms with van der Waals surface area (Å²) in [5.74, 6) is 1.83. The number of ether oxygens (including phenoxy) is 2. The summed E-state index contributed by atoms with van der Waals surface area (Å²) in [6.07, 6.45) is 2.65.